The van der Waals surface area contributed by atoms with Crippen LogP contribution in [-0.2, 0) is 0 Å². The monoisotopic (exact) mass is 294 g/mol. The van der Waals surface area contributed by atoms with E-state index in [-0.39, 0.29) is 11.3 Å². The van der Waals surface area contributed by atoms with Gasteiger partial charge in [0, 0.05) is 18.7 Å². The van der Waals surface area contributed by atoms with Gasteiger partial charge in [-0.15, -0.1) is 0 Å². The molecule has 0 aliphatic carbocycles. The molecule has 0 unspecified atom stereocenters. The van der Waals surface area contributed by atoms with Gasteiger partial charge in [0.1, 0.15) is 0 Å². The van der Waals surface area contributed by atoms with Gasteiger partial charge < -0.3 is 10.4 Å². The van der Waals surface area contributed by atoms with Gasteiger partial charge in [-0.05, 0) is 23.8 Å². The lowest BCUT2D eigenvalue weighted by molar-refractivity contribution is -0.384. The number of hydrogen-bond donors (Lipinski definition) is 2. The Balaban J connectivity index is 3.01. The number of carboxylic acid groups (broad SMARTS) is 1. The molecular formula is C15H22N2O4. The smallest absolute Gasteiger partial charge is 0.337 e. The van der Waals surface area contributed by atoms with E-state index in [1.165, 1.54) is 18.2 Å². The number of non-ortho nitro benzene ring substituents is 1. The summed E-state index contributed by atoms with van der Waals surface area (Å²) in [4.78, 5) is 21.5. The number of nitro groups is 1. The van der Waals surface area contributed by atoms with Crippen LogP contribution in [0.25, 0.3) is 0 Å². The molecule has 1 aromatic carbocycles. The molecule has 0 saturated carbocycles. The fourth-order valence-electron chi connectivity index (χ4n) is 2.45. The van der Waals surface area contributed by atoms with Crippen LogP contribution in [0.3, 0.4) is 0 Å². The van der Waals surface area contributed by atoms with Crippen molar-refractivity contribution in [2.24, 2.45) is 17.8 Å². The molecule has 0 amide bonds. The van der Waals surface area contributed by atoms with E-state index >= 15 is 0 Å². The number of carbonyl (C=O) groups is 1. The highest BCUT2D eigenvalue weighted by molar-refractivity contribution is 5.94. The Hall–Kier alpha value is -2.11. The van der Waals surface area contributed by atoms with Crippen LogP contribution >= 0.6 is 0 Å². The Bertz CT molecular complexity index is 518. The number of anilines is 1. The third-order valence-corrected chi connectivity index (χ3v) is 3.69. The van der Waals surface area contributed by atoms with E-state index < -0.39 is 10.9 Å². The topological polar surface area (TPSA) is 92.5 Å². The number of nitrogens with one attached hydrogen (secondary N) is 1. The summed E-state index contributed by atoms with van der Waals surface area (Å²) in [5, 5.41) is 23.1. The van der Waals surface area contributed by atoms with Gasteiger partial charge >= 0.3 is 5.97 Å². The maximum absolute atomic E-state index is 11.2. The molecule has 1 aromatic rings. The second kappa shape index (κ2) is 7.06. The Labute approximate surface area is 124 Å². The Morgan fingerprint density at radius 3 is 2.29 bits per heavy atom. The Morgan fingerprint density at radius 1 is 1.29 bits per heavy atom. The summed E-state index contributed by atoms with van der Waals surface area (Å²) in [6.07, 6.45) is 0. The van der Waals surface area contributed by atoms with E-state index in [0.717, 1.165) is 0 Å². The lowest BCUT2D eigenvalue weighted by Crippen LogP contribution is -2.25. The molecule has 2 N–H and O–H groups in total. The van der Waals surface area contributed by atoms with Gasteiger partial charge in [-0.25, -0.2) is 4.79 Å². The lowest BCUT2D eigenvalue weighted by Gasteiger charge is -2.25. The number of aromatic carboxylic acids is 1. The maximum Gasteiger partial charge on any atom is 0.337 e. The van der Waals surface area contributed by atoms with Crippen molar-refractivity contribution in [3.63, 3.8) is 0 Å². The number of carboxylic acids is 1. The third-order valence-electron chi connectivity index (χ3n) is 3.69. The van der Waals surface area contributed by atoms with E-state index in [4.69, 9.17) is 5.11 Å². The molecule has 21 heavy (non-hydrogen) atoms. The Morgan fingerprint density at radius 2 is 1.86 bits per heavy atom. The predicted molar refractivity (Wildman–Crippen MR) is 81.7 cm³/mol. The van der Waals surface area contributed by atoms with Crippen LogP contribution in [0.1, 0.15) is 38.1 Å². The first kappa shape index (κ1) is 16.9. The molecule has 0 aromatic heterocycles. The molecule has 0 spiro atoms. The molecule has 6 heteroatoms. The zero-order valence-corrected chi connectivity index (χ0v) is 12.8. The molecule has 0 aliphatic rings. The summed E-state index contributed by atoms with van der Waals surface area (Å²) in [5.74, 6) is 0.123. The summed E-state index contributed by atoms with van der Waals surface area (Å²) in [7, 11) is 0. The van der Waals surface area contributed by atoms with Gasteiger partial charge in [-0.3, -0.25) is 10.1 Å². The van der Waals surface area contributed by atoms with Crippen molar-refractivity contribution in [1.29, 1.82) is 0 Å². The second-order valence-corrected chi connectivity index (χ2v) is 5.82. The van der Waals surface area contributed by atoms with Crippen LogP contribution in [0.5, 0.6) is 0 Å². The molecule has 0 saturated heterocycles. The van der Waals surface area contributed by atoms with Crippen LogP contribution in [0, 0.1) is 27.9 Å². The summed E-state index contributed by atoms with van der Waals surface area (Å²) in [6, 6.07) is 3.75. The van der Waals surface area contributed by atoms with Crippen molar-refractivity contribution >= 4 is 17.3 Å². The van der Waals surface area contributed by atoms with E-state index in [1.54, 1.807) is 0 Å². The second-order valence-electron chi connectivity index (χ2n) is 5.82. The minimum atomic E-state index is -1.10. The number of nitro benzene ring substituents is 1. The fourth-order valence-corrected chi connectivity index (χ4v) is 2.45. The zero-order valence-electron chi connectivity index (χ0n) is 12.8. The molecule has 0 fully saturated rings. The molecule has 0 atom stereocenters. The average molecular weight is 294 g/mol. The van der Waals surface area contributed by atoms with E-state index in [9.17, 15) is 14.9 Å². The minimum absolute atomic E-state index is 0.0480. The van der Waals surface area contributed by atoms with Crippen molar-refractivity contribution in [3.05, 3.63) is 33.9 Å². The maximum atomic E-state index is 11.2. The summed E-state index contributed by atoms with van der Waals surface area (Å²) in [6.45, 7) is 9.02. The molecule has 0 heterocycles. The molecule has 6 nitrogen and oxygen atoms in total. The largest absolute Gasteiger partial charge is 0.478 e. The van der Waals surface area contributed by atoms with E-state index in [1.807, 2.05) is 0 Å². The molecule has 0 radical (unpaired) electrons. The number of rotatable bonds is 7. The van der Waals surface area contributed by atoms with Crippen LogP contribution in [0.15, 0.2) is 18.2 Å². The van der Waals surface area contributed by atoms with Crippen molar-refractivity contribution in [3.8, 4) is 0 Å². The summed E-state index contributed by atoms with van der Waals surface area (Å²) < 4.78 is 0. The lowest BCUT2D eigenvalue weighted by atomic mass is 9.85. The van der Waals surface area contributed by atoms with Crippen molar-refractivity contribution in [2.75, 3.05) is 11.9 Å². The van der Waals surface area contributed by atoms with Crippen molar-refractivity contribution < 1.29 is 14.8 Å². The molecule has 1 rings (SSSR count). The van der Waals surface area contributed by atoms with Gasteiger partial charge in [-0.2, -0.15) is 0 Å². The van der Waals surface area contributed by atoms with E-state index in [0.29, 0.717) is 30.0 Å². The van der Waals surface area contributed by atoms with Crippen LogP contribution < -0.4 is 5.32 Å². The third kappa shape index (κ3) is 4.44. The highest BCUT2D eigenvalue weighted by atomic mass is 16.6. The van der Waals surface area contributed by atoms with Crippen LogP contribution in [0.2, 0.25) is 0 Å². The standard InChI is InChI=1S/C15H22N2O4/c1-9(2)13(10(3)4)8-16-14-7-11(17(20)21)5-6-12(14)15(18)19/h5-7,9-10,13,16H,8H2,1-4H3,(H,18,19). The quantitative estimate of drug-likeness (QED) is 0.591. The SMILES string of the molecule is CC(C)C(CNc1cc([N+](=O)[O-])ccc1C(=O)O)C(C)C. The Kier molecular flexibility index (Phi) is 5.69. The first-order valence-electron chi connectivity index (χ1n) is 6.99. The van der Waals surface area contributed by atoms with Crippen molar-refractivity contribution in [2.45, 2.75) is 27.7 Å². The summed E-state index contributed by atoms with van der Waals surface area (Å²) in [5.41, 5.74) is 0.225. The highest BCUT2D eigenvalue weighted by Crippen LogP contribution is 2.25. The van der Waals surface area contributed by atoms with E-state index in [2.05, 4.69) is 33.0 Å². The highest BCUT2D eigenvalue weighted by Gasteiger charge is 2.20. The van der Waals surface area contributed by atoms with Gasteiger partial charge in [0.25, 0.3) is 5.69 Å². The van der Waals surface area contributed by atoms with Crippen LogP contribution in [-0.4, -0.2) is 22.5 Å². The van der Waals surface area contributed by atoms with Crippen LogP contribution in [0.4, 0.5) is 11.4 Å². The van der Waals surface area contributed by atoms with Gasteiger partial charge in [0.2, 0.25) is 0 Å². The normalized spacial score (nSPS) is 11.2. The number of nitrogens with zero attached hydrogens (tertiary/aromatic N) is 1. The summed E-state index contributed by atoms with van der Waals surface area (Å²) >= 11 is 0. The number of hydrogen-bond acceptors (Lipinski definition) is 4. The molecule has 116 valence electrons. The van der Waals surface area contributed by atoms with Gasteiger partial charge in [-0.1, -0.05) is 27.7 Å². The van der Waals surface area contributed by atoms with Gasteiger partial charge in [0.05, 0.1) is 16.2 Å². The average Bonchev–Trinajstić information content (AvgIpc) is 2.37. The molecule has 0 bridgehead atoms. The molecule has 0 aliphatic heterocycles. The first-order valence-corrected chi connectivity index (χ1v) is 6.99. The predicted octanol–water partition coefficient (Wildman–Crippen LogP) is 3.63. The number of benzene rings is 1. The molecular weight excluding hydrogens is 272 g/mol. The first-order chi connectivity index (χ1) is 9.73. The zero-order chi connectivity index (χ0) is 16.2. The minimum Gasteiger partial charge on any atom is -0.478 e. The van der Waals surface area contributed by atoms with Crippen molar-refractivity contribution in [1.82, 2.24) is 0 Å². The van der Waals surface area contributed by atoms with Gasteiger partial charge in [0.15, 0.2) is 0 Å². The fraction of sp³-hybridized carbons (Fsp3) is 0.533.